The third-order valence-corrected chi connectivity index (χ3v) is 4.77. The van der Waals surface area contributed by atoms with Gasteiger partial charge < -0.3 is 9.47 Å². The highest BCUT2D eigenvalue weighted by atomic mass is 32.2. The van der Waals surface area contributed by atoms with E-state index in [0.29, 0.717) is 5.56 Å². The van der Waals surface area contributed by atoms with Gasteiger partial charge in [0.05, 0.1) is 17.6 Å². The molecular formula is C16H16N2O7S. The van der Waals surface area contributed by atoms with Gasteiger partial charge in [0.1, 0.15) is 6.10 Å². The van der Waals surface area contributed by atoms with Gasteiger partial charge in [0.15, 0.2) is 12.5 Å². The van der Waals surface area contributed by atoms with Crippen LogP contribution in [0.2, 0.25) is 0 Å². The van der Waals surface area contributed by atoms with Crippen LogP contribution in [0.3, 0.4) is 0 Å². The van der Waals surface area contributed by atoms with E-state index in [-0.39, 0.29) is 11.3 Å². The average molecular weight is 380 g/mol. The van der Waals surface area contributed by atoms with Crippen LogP contribution in [-0.4, -0.2) is 26.7 Å². The summed E-state index contributed by atoms with van der Waals surface area (Å²) < 4.78 is 41.7. The predicted octanol–water partition coefficient (Wildman–Crippen LogP) is 2.19. The summed E-state index contributed by atoms with van der Waals surface area (Å²) in [7, 11) is -3.11. The first-order chi connectivity index (χ1) is 12.4. The maximum Gasteiger partial charge on any atom is 0.337 e. The fourth-order valence-corrected chi connectivity index (χ4v) is 3.18. The van der Waals surface area contributed by atoms with Gasteiger partial charge in [-0.1, -0.05) is 42.5 Å². The Morgan fingerprint density at radius 2 is 1.73 bits per heavy atom. The highest BCUT2D eigenvalue weighted by Gasteiger charge is 2.42. The third-order valence-electron chi connectivity index (χ3n) is 3.81. The molecule has 26 heavy (non-hydrogen) atoms. The van der Waals surface area contributed by atoms with Gasteiger partial charge in [-0.25, -0.2) is 0 Å². The number of ether oxygens (including phenoxy) is 2. The first-order valence-electron chi connectivity index (χ1n) is 7.58. The first kappa shape index (κ1) is 18.4. The Morgan fingerprint density at radius 1 is 1.08 bits per heavy atom. The van der Waals surface area contributed by atoms with Crippen molar-refractivity contribution in [2.75, 3.05) is 7.11 Å². The number of para-hydroxylation sites is 1. The minimum absolute atomic E-state index is 0.194. The standard InChI is InChI=1S/C16H16N2O7S/c1-23-26(21,22)17-15-14(12-9-5-6-10-13(12)18(19)20)24-16(25-15)11-7-3-2-4-8-11/h2-10,14-17H,1H3/t14-,15-,16?/m0/s1. The number of nitro groups is 1. The van der Waals surface area contributed by atoms with E-state index in [1.807, 2.05) is 6.07 Å². The van der Waals surface area contributed by atoms with Crippen molar-refractivity contribution in [3.05, 3.63) is 75.8 Å². The lowest BCUT2D eigenvalue weighted by atomic mass is 10.1. The smallest absolute Gasteiger partial charge is 0.336 e. The number of nitro benzene ring substituents is 1. The Balaban J connectivity index is 1.98. The SMILES string of the molecule is COS(=O)(=O)N[C@H]1OC(c2ccccc2)O[C@H]1c1ccccc1[N+](=O)[O-]. The molecular weight excluding hydrogens is 364 g/mol. The van der Waals surface area contributed by atoms with Crippen LogP contribution in [-0.2, 0) is 24.0 Å². The van der Waals surface area contributed by atoms with Crippen molar-refractivity contribution in [1.29, 1.82) is 0 Å². The second-order valence-electron chi connectivity index (χ2n) is 5.41. The topological polar surface area (TPSA) is 117 Å². The lowest BCUT2D eigenvalue weighted by Crippen LogP contribution is -2.38. The molecule has 10 heteroatoms. The van der Waals surface area contributed by atoms with E-state index in [0.717, 1.165) is 7.11 Å². The number of nitrogens with zero attached hydrogens (tertiary/aromatic N) is 1. The number of rotatable bonds is 6. The van der Waals surface area contributed by atoms with Gasteiger partial charge in [-0.2, -0.15) is 13.1 Å². The van der Waals surface area contributed by atoms with Crippen LogP contribution in [0.4, 0.5) is 5.69 Å². The molecule has 9 nitrogen and oxygen atoms in total. The van der Waals surface area contributed by atoms with Crippen LogP contribution in [0, 0.1) is 10.1 Å². The average Bonchev–Trinajstić information content (AvgIpc) is 3.05. The zero-order valence-electron chi connectivity index (χ0n) is 13.6. The molecule has 0 aromatic heterocycles. The highest BCUT2D eigenvalue weighted by Crippen LogP contribution is 2.41. The molecule has 0 aliphatic carbocycles. The van der Waals surface area contributed by atoms with E-state index in [1.165, 1.54) is 18.2 Å². The summed E-state index contributed by atoms with van der Waals surface area (Å²) in [5.74, 6) is 0. The largest absolute Gasteiger partial charge is 0.337 e. The molecule has 0 saturated carbocycles. The zero-order valence-corrected chi connectivity index (χ0v) is 14.5. The normalized spacial score (nSPS) is 23.0. The van der Waals surface area contributed by atoms with Gasteiger partial charge in [-0.3, -0.25) is 14.3 Å². The monoisotopic (exact) mass is 380 g/mol. The molecule has 1 heterocycles. The Morgan fingerprint density at radius 3 is 2.38 bits per heavy atom. The maximum atomic E-state index is 11.8. The summed E-state index contributed by atoms with van der Waals surface area (Å²) in [6.07, 6.45) is -3.14. The number of benzene rings is 2. The molecule has 0 spiro atoms. The van der Waals surface area contributed by atoms with E-state index >= 15 is 0 Å². The molecule has 1 fully saturated rings. The van der Waals surface area contributed by atoms with Gasteiger partial charge in [0, 0.05) is 11.6 Å². The van der Waals surface area contributed by atoms with Gasteiger partial charge in [-0.05, 0) is 6.07 Å². The van der Waals surface area contributed by atoms with Crippen LogP contribution >= 0.6 is 0 Å². The molecule has 1 N–H and O–H groups in total. The molecule has 0 bridgehead atoms. The van der Waals surface area contributed by atoms with Crippen LogP contribution in [0.25, 0.3) is 0 Å². The molecule has 1 aliphatic rings. The van der Waals surface area contributed by atoms with Crippen LogP contribution in [0.5, 0.6) is 0 Å². The molecule has 0 radical (unpaired) electrons. The molecule has 0 amide bonds. The quantitative estimate of drug-likeness (QED) is 0.603. The number of nitrogens with one attached hydrogen (secondary N) is 1. The summed E-state index contributed by atoms with van der Waals surface area (Å²) in [5, 5.41) is 11.3. The van der Waals surface area contributed by atoms with Crippen molar-refractivity contribution in [2.45, 2.75) is 18.6 Å². The van der Waals surface area contributed by atoms with Crippen molar-refractivity contribution >= 4 is 16.0 Å². The number of hydrogen-bond acceptors (Lipinski definition) is 7. The van der Waals surface area contributed by atoms with E-state index in [1.54, 1.807) is 30.3 Å². The summed E-state index contributed by atoms with van der Waals surface area (Å²) >= 11 is 0. The van der Waals surface area contributed by atoms with Gasteiger partial charge in [0.25, 0.3) is 5.69 Å². The lowest BCUT2D eigenvalue weighted by molar-refractivity contribution is -0.386. The maximum absolute atomic E-state index is 11.8. The van der Waals surface area contributed by atoms with Crippen molar-refractivity contribution < 1.29 is 27.0 Å². The van der Waals surface area contributed by atoms with Gasteiger partial charge >= 0.3 is 10.3 Å². The van der Waals surface area contributed by atoms with Crippen molar-refractivity contribution in [1.82, 2.24) is 4.72 Å². The Hall–Kier alpha value is -2.37. The van der Waals surface area contributed by atoms with Crippen LogP contribution < -0.4 is 4.72 Å². The van der Waals surface area contributed by atoms with E-state index in [9.17, 15) is 18.5 Å². The number of hydrogen-bond donors (Lipinski definition) is 1. The molecule has 1 unspecified atom stereocenters. The highest BCUT2D eigenvalue weighted by molar-refractivity contribution is 7.84. The van der Waals surface area contributed by atoms with E-state index in [4.69, 9.17) is 9.47 Å². The van der Waals surface area contributed by atoms with Gasteiger partial charge in [0.2, 0.25) is 0 Å². The third kappa shape index (κ3) is 3.89. The van der Waals surface area contributed by atoms with Crippen molar-refractivity contribution in [3.63, 3.8) is 0 Å². The Bertz CT molecular complexity index is 888. The summed E-state index contributed by atoms with van der Waals surface area (Å²) in [5.41, 5.74) is 0.645. The lowest BCUT2D eigenvalue weighted by Gasteiger charge is -2.17. The predicted molar refractivity (Wildman–Crippen MR) is 90.0 cm³/mol. The van der Waals surface area contributed by atoms with Crippen molar-refractivity contribution in [3.8, 4) is 0 Å². The molecule has 138 valence electrons. The molecule has 3 rings (SSSR count). The Kier molecular flexibility index (Phi) is 5.30. The first-order valence-corrected chi connectivity index (χ1v) is 8.99. The summed E-state index contributed by atoms with van der Waals surface area (Å²) in [6, 6.07) is 14.8. The van der Waals surface area contributed by atoms with Crippen LogP contribution in [0.15, 0.2) is 54.6 Å². The van der Waals surface area contributed by atoms with Crippen LogP contribution in [0.1, 0.15) is 23.5 Å². The van der Waals surface area contributed by atoms with Gasteiger partial charge in [-0.15, -0.1) is 0 Å². The zero-order chi connectivity index (χ0) is 18.7. The fraction of sp³-hybridized carbons (Fsp3) is 0.250. The van der Waals surface area contributed by atoms with E-state index in [2.05, 4.69) is 8.91 Å². The fourth-order valence-electron chi connectivity index (χ4n) is 2.62. The van der Waals surface area contributed by atoms with Crippen molar-refractivity contribution in [2.24, 2.45) is 0 Å². The second kappa shape index (κ2) is 7.48. The summed E-state index contributed by atoms with van der Waals surface area (Å²) in [4.78, 5) is 10.8. The summed E-state index contributed by atoms with van der Waals surface area (Å²) in [6.45, 7) is 0. The Labute approximate surface area is 149 Å². The minimum Gasteiger partial charge on any atom is -0.336 e. The van der Waals surface area contributed by atoms with E-state index < -0.39 is 33.8 Å². The second-order valence-corrected chi connectivity index (χ2v) is 6.89. The molecule has 1 aliphatic heterocycles. The minimum atomic E-state index is -4.11. The molecule has 1 saturated heterocycles. The molecule has 2 aromatic carbocycles. The molecule has 2 aromatic rings. The molecule has 3 atom stereocenters.